The molecule has 0 aliphatic heterocycles. The highest BCUT2D eigenvalue weighted by molar-refractivity contribution is 5.94. The van der Waals surface area contributed by atoms with E-state index in [0.29, 0.717) is 13.1 Å². The molecule has 0 aliphatic rings. The van der Waals surface area contributed by atoms with E-state index in [-0.39, 0.29) is 16.7 Å². The van der Waals surface area contributed by atoms with Crippen molar-refractivity contribution in [1.29, 1.82) is 0 Å². The first kappa shape index (κ1) is 23.0. The number of aryl methyl sites for hydroxylation is 1. The minimum atomic E-state index is -0.498. The molecule has 2 aromatic carbocycles. The average Bonchev–Trinajstić information content (AvgIpc) is 3.42. The summed E-state index contributed by atoms with van der Waals surface area (Å²) in [7, 11) is 2.94. The topological polar surface area (TPSA) is 104 Å². The van der Waals surface area contributed by atoms with Crippen LogP contribution in [0.4, 0.5) is 0 Å². The summed E-state index contributed by atoms with van der Waals surface area (Å²) in [5.74, 6) is -0.394. The fraction of sp³-hybridized carbons (Fsp3) is 0.148. The van der Waals surface area contributed by atoms with E-state index in [1.165, 1.54) is 30.8 Å². The zero-order valence-electron chi connectivity index (χ0n) is 19.9. The van der Waals surface area contributed by atoms with Crippen molar-refractivity contribution in [2.24, 2.45) is 14.1 Å². The van der Waals surface area contributed by atoms with E-state index >= 15 is 0 Å². The fourth-order valence-corrected chi connectivity index (χ4v) is 4.17. The number of rotatable bonds is 6. The number of pyridine rings is 1. The van der Waals surface area contributed by atoms with Gasteiger partial charge in [-0.05, 0) is 40.5 Å². The van der Waals surface area contributed by atoms with E-state index in [9.17, 15) is 14.4 Å². The summed E-state index contributed by atoms with van der Waals surface area (Å²) in [5.41, 5.74) is 3.50. The first-order valence-corrected chi connectivity index (χ1v) is 11.4. The van der Waals surface area contributed by atoms with Crippen LogP contribution >= 0.6 is 0 Å². The molecule has 0 spiro atoms. The van der Waals surface area contributed by atoms with Crippen molar-refractivity contribution in [3.63, 3.8) is 0 Å². The van der Waals surface area contributed by atoms with Gasteiger partial charge in [-0.3, -0.25) is 23.4 Å². The predicted molar refractivity (Wildman–Crippen MR) is 137 cm³/mol. The van der Waals surface area contributed by atoms with Crippen molar-refractivity contribution >= 4 is 16.9 Å². The highest BCUT2D eigenvalue weighted by atomic mass is 16.2. The fourth-order valence-electron chi connectivity index (χ4n) is 4.17. The van der Waals surface area contributed by atoms with Crippen LogP contribution in [-0.4, -0.2) is 29.8 Å². The summed E-state index contributed by atoms with van der Waals surface area (Å²) in [6.45, 7) is 0.987. The third-order valence-corrected chi connectivity index (χ3v) is 6.16. The molecule has 0 unspecified atom stereocenters. The quantitative estimate of drug-likeness (QED) is 0.402. The van der Waals surface area contributed by atoms with Crippen molar-refractivity contribution in [3.05, 3.63) is 117 Å². The lowest BCUT2D eigenvalue weighted by atomic mass is 9.98. The second-order valence-corrected chi connectivity index (χ2v) is 8.51. The van der Waals surface area contributed by atoms with Crippen molar-refractivity contribution in [2.75, 3.05) is 0 Å². The maximum absolute atomic E-state index is 12.9. The van der Waals surface area contributed by atoms with Gasteiger partial charge in [0.25, 0.3) is 11.5 Å². The van der Waals surface area contributed by atoms with Crippen LogP contribution in [0, 0.1) is 0 Å². The Morgan fingerprint density at radius 3 is 2.44 bits per heavy atom. The van der Waals surface area contributed by atoms with Crippen LogP contribution in [0.25, 0.3) is 22.2 Å². The maximum Gasteiger partial charge on any atom is 0.332 e. The monoisotopic (exact) mass is 480 g/mol. The van der Waals surface area contributed by atoms with E-state index in [4.69, 9.17) is 0 Å². The van der Waals surface area contributed by atoms with Crippen LogP contribution < -0.4 is 16.6 Å². The van der Waals surface area contributed by atoms with Gasteiger partial charge in [0.2, 0.25) is 0 Å². The number of nitrogens with zero attached hydrogens (tertiary/aromatic N) is 5. The highest BCUT2D eigenvalue weighted by Gasteiger charge is 2.14. The molecular weight excluding hydrogens is 456 g/mol. The summed E-state index contributed by atoms with van der Waals surface area (Å²) in [6, 6.07) is 21.1. The van der Waals surface area contributed by atoms with Gasteiger partial charge in [-0.15, -0.1) is 0 Å². The minimum Gasteiger partial charge on any atom is -0.347 e. The van der Waals surface area contributed by atoms with Crippen LogP contribution in [-0.2, 0) is 27.2 Å². The van der Waals surface area contributed by atoms with E-state index in [1.54, 1.807) is 6.20 Å². The van der Waals surface area contributed by atoms with E-state index in [0.717, 1.165) is 26.8 Å². The molecule has 0 saturated carbocycles. The normalized spacial score (nSPS) is 11.1. The first-order chi connectivity index (χ1) is 17.4. The van der Waals surface area contributed by atoms with Crippen LogP contribution in [0.15, 0.2) is 88.7 Å². The molecule has 0 radical (unpaired) electrons. The Morgan fingerprint density at radius 2 is 1.69 bits per heavy atom. The summed E-state index contributed by atoms with van der Waals surface area (Å²) >= 11 is 0. The number of benzene rings is 2. The third kappa shape index (κ3) is 4.34. The summed E-state index contributed by atoms with van der Waals surface area (Å²) in [4.78, 5) is 41.8. The Balaban J connectivity index is 1.35. The molecule has 180 valence electrons. The van der Waals surface area contributed by atoms with Gasteiger partial charge in [0.15, 0.2) is 0 Å². The van der Waals surface area contributed by atoms with Crippen molar-refractivity contribution in [1.82, 2.24) is 29.2 Å². The van der Waals surface area contributed by atoms with Gasteiger partial charge in [0.1, 0.15) is 11.3 Å². The molecule has 0 bridgehead atoms. The zero-order chi connectivity index (χ0) is 25.2. The molecule has 0 saturated heterocycles. The van der Waals surface area contributed by atoms with Gasteiger partial charge in [-0.1, -0.05) is 48.5 Å². The molecule has 3 heterocycles. The van der Waals surface area contributed by atoms with E-state index in [2.05, 4.69) is 39.7 Å². The van der Waals surface area contributed by atoms with Crippen LogP contribution in [0.1, 0.15) is 21.6 Å². The smallest absolute Gasteiger partial charge is 0.332 e. The van der Waals surface area contributed by atoms with E-state index in [1.807, 2.05) is 41.2 Å². The molecule has 0 fully saturated rings. The van der Waals surface area contributed by atoms with Crippen molar-refractivity contribution in [3.8, 4) is 11.1 Å². The van der Waals surface area contributed by atoms with Gasteiger partial charge in [0, 0.05) is 33.0 Å². The molecule has 1 N–H and O–H groups in total. The van der Waals surface area contributed by atoms with Gasteiger partial charge < -0.3 is 5.32 Å². The summed E-state index contributed by atoms with van der Waals surface area (Å²) in [6.07, 6.45) is 3.68. The van der Waals surface area contributed by atoms with Crippen LogP contribution in [0.3, 0.4) is 0 Å². The molecule has 0 aliphatic carbocycles. The molecule has 36 heavy (non-hydrogen) atoms. The highest BCUT2D eigenvalue weighted by Crippen LogP contribution is 2.24. The number of carbonyl (C=O) groups excluding carboxylic acids is 1. The van der Waals surface area contributed by atoms with Gasteiger partial charge in [-0.2, -0.15) is 5.10 Å². The number of aromatic nitrogens is 5. The van der Waals surface area contributed by atoms with E-state index < -0.39 is 17.2 Å². The van der Waals surface area contributed by atoms with Gasteiger partial charge in [0.05, 0.1) is 11.9 Å². The molecule has 3 aromatic heterocycles. The number of hydrogen-bond acceptors (Lipinski definition) is 5. The summed E-state index contributed by atoms with van der Waals surface area (Å²) < 4.78 is 4.15. The summed E-state index contributed by atoms with van der Waals surface area (Å²) in [5, 5.41) is 7.43. The largest absolute Gasteiger partial charge is 0.347 e. The maximum atomic E-state index is 12.9. The Kier molecular flexibility index (Phi) is 6.03. The average molecular weight is 481 g/mol. The number of nitrogens with one attached hydrogen (secondary N) is 1. The Bertz CT molecular complexity index is 1680. The van der Waals surface area contributed by atoms with Gasteiger partial charge >= 0.3 is 5.69 Å². The zero-order valence-corrected chi connectivity index (χ0v) is 19.9. The Morgan fingerprint density at radius 1 is 0.917 bits per heavy atom. The standard InChI is InChI=1S/C27H24N6O3/c1-31-24-22(26(35)32(2)27(31)36)12-13-23(30-24)25(34)28-16-20-6-3-4-7-21(20)19-10-8-18(9-11-19)17-33-15-5-14-29-33/h3-15H,16-17H2,1-2H3,(H,28,34). The molecule has 0 atom stereocenters. The number of amides is 1. The molecule has 5 aromatic rings. The van der Waals surface area contributed by atoms with Crippen molar-refractivity contribution < 1.29 is 4.79 Å². The second-order valence-electron chi connectivity index (χ2n) is 8.51. The Hall–Kier alpha value is -4.79. The van der Waals surface area contributed by atoms with Crippen LogP contribution in [0.2, 0.25) is 0 Å². The molecule has 1 amide bonds. The minimum absolute atomic E-state index is 0.131. The predicted octanol–water partition coefficient (Wildman–Crippen LogP) is 2.47. The lowest BCUT2D eigenvalue weighted by Gasteiger charge is -2.12. The van der Waals surface area contributed by atoms with Crippen molar-refractivity contribution in [2.45, 2.75) is 13.1 Å². The number of fused-ring (bicyclic) bond motifs is 1. The lowest BCUT2D eigenvalue weighted by Crippen LogP contribution is -2.37. The second kappa shape index (κ2) is 9.46. The lowest BCUT2D eigenvalue weighted by molar-refractivity contribution is 0.0946. The van der Waals surface area contributed by atoms with Crippen LogP contribution in [0.5, 0.6) is 0 Å². The molecule has 9 heteroatoms. The number of carbonyl (C=O) groups is 1. The SMILES string of the molecule is Cn1c(=O)c2ccc(C(=O)NCc3ccccc3-c3ccc(Cn4cccn4)cc3)nc2n(C)c1=O. The molecule has 5 rings (SSSR count). The molecular formula is C27H24N6O3. The van der Waals surface area contributed by atoms with Gasteiger partial charge in [-0.25, -0.2) is 9.78 Å². The molecule has 9 nitrogen and oxygen atoms in total. The Labute approximate surface area is 206 Å². The first-order valence-electron chi connectivity index (χ1n) is 11.4. The third-order valence-electron chi connectivity index (χ3n) is 6.16. The number of hydrogen-bond donors (Lipinski definition) is 1.